The van der Waals surface area contributed by atoms with E-state index in [9.17, 15) is 4.79 Å². The van der Waals surface area contributed by atoms with Gasteiger partial charge in [0.05, 0.1) is 12.2 Å². The Morgan fingerprint density at radius 2 is 2.05 bits per heavy atom. The lowest BCUT2D eigenvalue weighted by Gasteiger charge is -2.08. The van der Waals surface area contributed by atoms with E-state index >= 15 is 0 Å². The van der Waals surface area contributed by atoms with Gasteiger partial charge in [-0.25, -0.2) is 4.98 Å². The molecule has 4 nitrogen and oxygen atoms in total. The van der Waals surface area contributed by atoms with Crippen LogP contribution in [-0.4, -0.2) is 16.0 Å². The van der Waals surface area contributed by atoms with Gasteiger partial charge in [-0.05, 0) is 19.8 Å². The SMILES string of the molecule is Cc1c(-c2ccccc2)nc(CNC2CC2)[nH]c1=O. The molecule has 1 saturated carbocycles. The van der Waals surface area contributed by atoms with Crippen molar-refractivity contribution in [1.82, 2.24) is 15.3 Å². The number of nitrogens with zero attached hydrogens (tertiary/aromatic N) is 1. The molecule has 0 radical (unpaired) electrons. The van der Waals surface area contributed by atoms with E-state index in [0.717, 1.165) is 11.3 Å². The first-order chi connectivity index (χ1) is 9.24. The summed E-state index contributed by atoms with van der Waals surface area (Å²) in [5, 5.41) is 3.37. The standard InChI is InChI=1S/C15H17N3O/c1-10-14(11-5-3-2-4-6-11)17-13(18-15(10)19)9-16-12-7-8-12/h2-6,12,16H,7-9H2,1H3,(H,17,18,19). The molecule has 0 atom stereocenters. The van der Waals surface area contributed by atoms with Crippen LogP contribution in [0.5, 0.6) is 0 Å². The predicted molar refractivity (Wildman–Crippen MR) is 74.9 cm³/mol. The number of nitrogens with one attached hydrogen (secondary N) is 2. The van der Waals surface area contributed by atoms with Crippen molar-refractivity contribution < 1.29 is 0 Å². The van der Waals surface area contributed by atoms with Crippen molar-refractivity contribution in [2.24, 2.45) is 0 Å². The fraction of sp³-hybridized carbons (Fsp3) is 0.333. The van der Waals surface area contributed by atoms with Crippen LogP contribution in [0, 0.1) is 6.92 Å². The summed E-state index contributed by atoms with van der Waals surface area (Å²) in [6, 6.07) is 10.4. The van der Waals surface area contributed by atoms with Crippen molar-refractivity contribution >= 4 is 0 Å². The number of benzene rings is 1. The molecule has 0 saturated heterocycles. The third-order valence-electron chi connectivity index (χ3n) is 3.38. The normalized spacial score (nSPS) is 14.6. The fourth-order valence-corrected chi connectivity index (χ4v) is 2.07. The molecule has 1 heterocycles. The van der Waals surface area contributed by atoms with E-state index in [1.807, 2.05) is 37.3 Å². The van der Waals surface area contributed by atoms with Crippen LogP contribution in [0.2, 0.25) is 0 Å². The number of aromatic amines is 1. The molecule has 1 aromatic carbocycles. The maximum absolute atomic E-state index is 12.0. The topological polar surface area (TPSA) is 57.8 Å². The van der Waals surface area contributed by atoms with E-state index in [-0.39, 0.29) is 5.56 Å². The van der Waals surface area contributed by atoms with Gasteiger partial charge in [-0.3, -0.25) is 4.79 Å². The minimum Gasteiger partial charge on any atom is -0.309 e. The average Bonchev–Trinajstić information content (AvgIpc) is 3.25. The summed E-state index contributed by atoms with van der Waals surface area (Å²) in [4.78, 5) is 19.4. The summed E-state index contributed by atoms with van der Waals surface area (Å²) in [5.74, 6) is 0.710. The molecular weight excluding hydrogens is 238 g/mol. The predicted octanol–water partition coefficient (Wildman–Crippen LogP) is 2.00. The molecule has 0 amide bonds. The van der Waals surface area contributed by atoms with Gasteiger partial charge >= 0.3 is 0 Å². The van der Waals surface area contributed by atoms with Gasteiger partial charge in [0.25, 0.3) is 5.56 Å². The second-order valence-electron chi connectivity index (χ2n) is 5.01. The van der Waals surface area contributed by atoms with Crippen molar-refractivity contribution in [3.05, 3.63) is 52.1 Å². The highest BCUT2D eigenvalue weighted by molar-refractivity contribution is 5.62. The van der Waals surface area contributed by atoms with Crippen molar-refractivity contribution in [2.45, 2.75) is 32.4 Å². The number of hydrogen-bond donors (Lipinski definition) is 2. The lowest BCUT2D eigenvalue weighted by atomic mass is 10.1. The molecular formula is C15H17N3O. The third kappa shape index (κ3) is 2.74. The Morgan fingerprint density at radius 1 is 1.32 bits per heavy atom. The van der Waals surface area contributed by atoms with Crippen molar-refractivity contribution in [3.8, 4) is 11.3 Å². The van der Waals surface area contributed by atoms with Crippen molar-refractivity contribution in [2.75, 3.05) is 0 Å². The maximum atomic E-state index is 12.0. The van der Waals surface area contributed by atoms with E-state index in [0.29, 0.717) is 24.0 Å². The Balaban J connectivity index is 1.95. The summed E-state index contributed by atoms with van der Waals surface area (Å²) in [6.07, 6.45) is 2.45. The van der Waals surface area contributed by atoms with Crippen LogP contribution in [0.1, 0.15) is 24.2 Å². The van der Waals surface area contributed by atoms with E-state index in [1.165, 1.54) is 12.8 Å². The molecule has 1 aromatic heterocycles. The van der Waals surface area contributed by atoms with Gasteiger partial charge in [0.1, 0.15) is 5.82 Å². The Hall–Kier alpha value is -1.94. The van der Waals surface area contributed by atoms with Gasteiger partial charge in [-0.2, -0.15) is 0 Å². The smallest absolute Gasteiger partial charge is 0.254 e. The lowest BCUT2D eigenvalue weighted by Crippen LogP contribution is -2.22. The fourth-order valence-electron chi connectivity index (χ4n) is 2.07. The molecule has 0 spiro atoms. The largest absolute Gasteiger partial charge is 0.309 e. The van der Waals surface area contributed by atoms with Crippen LogP contribution < -0.4 is 10.9 Å². The number of hydrogen-bond acceptors (Lipinski definition) is 3. The molecule has 0 aliphatic heterocycles. The average molecular weight is 255 g/mol. The minimum atomic E-state index is -0.0542. The van der Waals surface area contributed by atoms with Crippen LogP contribution in [-0.2, 0) is 6.54 Å². The van der Waals surface area contributed by atoms with E-state index in [2.05, 4.69) is 15.3 Å². The van der Waals surface area contributed by atoms with Crippen LogP contribution >= 0.6 is 0 Å². The Morgan fingerprint density at radius 3 is 2.74 bits per heavy atom. The van der Waals surface area contributed by atoms with Gasteiger partial charge in [-0.1, -0.05) is 30.3 Å². The molecule has 19 heavy (non-hydrogen) atoms. The minimum absolute atomic E-state index is 0.0542. The van der Waals surface area contributed by atoms with Crippen LogP contribution in [0.3, 0.4) is 0 Å². The lowest BCUT2D eigenvalue weighted by molar-refractivity contribution is 0.655. The van der Waals surface area contributed by atoms with Gasteiger partial charge in [0.15, 0.2) is 0 Å². The first-order valence-electron chi connectivity index (χ1n) is 6.62. The van der Waals surface area contributed by atoms with Crippen molar-refractivity contribution in [3.63, 3.8) is 0 Å². The first kappa shape index (κ1) is 12.1. The second-order valence-corrected chi connectivity index (χ2v) is 5.01. The maximum Gasteiger partial charge on any atom is 0.254 e. The van der Waals surface area contributed by atoms with Gasteiger partial charge in [0, 0.05) is 17.2 Å². The van der Waals surface area contributed by atoms with Crippen molar-refractivity contribution in [1.29, 1.82) is 0 Å². The van der Waals surface area contributed by atoms with Crippen LogP contribution in [0.4, 0.5) is 0 Å². The Labute approximate surface area is 111 Å². The monoisotopic (exact) mass is 255 g/mol. The summed E-state index contributed by atoms with van der Waals surface area (Å²) in [6.45, 7) is 2.44. The zero-order chi connectivity index (χ0) is 13.2. The molecule has 2 aromatic rings. The molecule has 0 unspecified atom stereocenters. The Bertz CT molecular complexity index is 630. The van der Waals surface area contributed by atoms with Crippen LogP contribution in [0.25, 0.3) is 11.3 Å². The molecule has 2 N–H and O–H groups in total. The van der Waals surface area contributed by atoms with Gasteiger partial charge < -0.3 is 10.3 Å². The first-order valence-corrected chi connectivity index (χ1v) is 6.62. The quantitative estimate of drug-likeness (QED) is 0.878. The highest BCUT2D eigenvalue weighted by Gasteiger charge is 2.20. The number of H-pyrrole nitrogens is 1. The molecule has 1 aliphatic carbocycles. The van der Waals surface area contributed by atoms with Gasteiger partial charge in [0.2, 0.25) is 0 Å². The zero-order valence-corrected chi connectivity index (χ0v) is 10.9. The molecule has 0 bridgehead atoms. The van der Waals surface area contributed by atoms with Crippen LogP contribution in [0.15, 0.2) is 35.1 Å². The van der Waals surface area contributed by atoms with E-state index in [4.69, 9.17) is 0 Å². The summed E-state index contributed by atoms with van der Waals surface area (Å²) in [5.41, 5.74) is 2.37. The third-order valence-corrected chi connectivity index (χ3v) is 3.38. The summed E-state index contributed by atoms with van der Waals surface area (Å²) >= 11 is 0. The Kier molecular flexibility index (Phi) is 3.17. The summed E-state index contributed by atoms with van der Waals surface area (Å²) < 4.78 is 0. The number of aromatic nitrogens is 2. The van der Waals surface area contributed by atoms with E-state index in [1.54, 1.807) is 0 Å². The second kappa shape index (κ2) is 4.97. The molecule has 1 fully saturated rings. The molecule has 3 rings (SSSR count). The van der Waals surface area contributed by atoms with E-state index < -0.39 is 0 Å². The zero-order valence-electron chi connectivity index (χ0n) is 10.9. The number of rotatable bonds is 4. The summed E-state index contributed by atoms with van der Waals surface area (Å²) in [7, 11) is 0. The molecule has 4 heteroatoms. The molecule has 98 valence electrons. The highest BCUT2D eigenvalue weighted by Crippen LogP contribution is 2.20. The highest BCUT2D eigenvalue weighted by atomic mass is 16.1. The molecule has 1 aliphatic rings. The van der Waals surface area contributed by atoms with Gasteiger partial charge in [-0.15, -0.1) is 0 Å².